The fourth-order valence-corrected chi connectivity index (χ4v) is 3.29. The van der Waals surface area contributed by atoms with E-state index in [0.29, 0.717) is 6.42 Å². The van der Waals surface area contributed by atoms with Crippen LogP contribution in [0.2, 0.25) is 0 Å². The van der Waals surface area contributed by atoms with Crippen molar-refractivity contribution in [1.82, 2.24) is 0 Å². The smallest absolute Gasteiger partial charge is 0.310 e. The van der Waals surface area contributed by atoms with Gasteiger partial charge in [0.05, 0.1) is 12.0 Å². The number of carbonyl (C=O) groups excluding carboxylic acids is 1. The summed E-state index contributed by atoms with van der Waals surface area (Å²) in [6, 6.07) is 0. The van der Waals surface area contributed by atoms with Crippen molar-refractivity contribution in [2.45, 2.75) is 57.7 Å². The van der Waals surface area contributed by atoms with Crippen LogP contribution in [-0.2, 0) is 9.53 Å². The predicted octanol–water partition coefficient (Wildman–Crippen LogP) is 4.10. The molecule has 4 atom stereocenters. The maximum atomic E-state index is 11.7. The first-order valence-corrected chi connectivity index (χ1v) is 8.74. The third-order valence-corrected chi connectivity index (χ3v) is 4.49. The van der Waals surface area contributed by atoms with Gasteiger partial charge in [0.15, 0.2) is 0 Å². The molecule has 1 N–H and O–H groups in total. The molecule has 1 aliphatic heterocycles. The number of ether oxygens (including phenoxy) is 1. The lowest BCUT2D eigenvalue weighted by Crippen LogP contribution is -2.25. The van der Waals surface area contributed by atoms with Gasteiger partial charge in [0, 0.05) is 5.92 Å². The Hall–Kier alpha value is -1.61. The Morgan fingerprint density at radius 3 is 2.26 bits per heavy atom. The van der Waals surface area contributed by atoms with Gasteiger partial charge in [0.1, 0.15) is 6.10 Å². The van der Waals surface area contributed by atoms with Crippen molar-refractivity contribution in [1.29, 1.82) is 0 Å². The van der Waals surface area contributed by atoms with Crippen LogP contribution in [-0.4, -0.2) is 23.3 Å². The van der Waals surface area contributed by atoms with Crippen LogP contribution in [0.4, 0.5) is 0 Å². The van der Waals surface area contributed by atoms with Crippen LogP contribution < -0.4 is 0 Å². The summed E-state index contributed by atoms with van der Waals surface area (Å²) in [4.78, 5) is 11.7. The number of esters is 1. The number of aliphatic hydroxyl groups excluding tert-OH is 1. The van der Waals surface area contributed by atoms with E-state index >= 15 is 0 Å². The molecule has 0 amide bonds. The van der Waals surface area contributed by atoms with Gasteiger partial charge in [-0.3, -0.25) is 4.79 Å². The van der Waals surface area contributed by atoms with E-state index in [-0.39, 0.29) is 23.9 Å². The summed E-state index contributed by atoms with van der Waals surface area (Å²) in [5, 5.41) is 9.97. The molecule has 23 heavy (non-hydrogen) atoms. The topological polar surface area (TPSA) is 46.5 Å². The van der Waals surface area contributed by atoms with Gasteiger partial charge in [0.2, 0.25) is 0 Å². The standard InChI is InChI=1S/C20H28O3/c1-2-3-4-5-6-7-8-9-10-11-12-13-18-19-16(20(22)23-18)14-15-17(19)21/h3-4,6-7,9-10,12-13,16-19,21H,2,5,8,11,14-15H2,1H3/b4-3-,7-6-,10-9-,13-12-/t16-,17+,18+,19-/m0/s1. The highest BCUT2D eigenvalue weighted by Crippen LogP contribution is 2.42. The largest absolute Gasteiger partial charge is 0.457 e. The lowest BCUT2D eigenvalue weighted by atomic mass is 9.92. The molecule has 2 aliphatic rings. The molecule has 0 aromatic rings. The SMILES string of the molecule is CC/C=C\C/C=C\C/C=C\C/C=C\[C@H]1OC(=O)[C@H]2CC[C@@H](O)[C@H]21. The molecule has 0 bridgehead atoms. The molecule has 0 unspecified atom stereocenters. The molecule has 1 saturated heterocycles. The Labute approximate surface area is 139 Å². The molecule has 0 aromatic heterocycles. The zero-order chi connectivity index (χ0) is 16.5. The summed E-state index contributed by atoms with van der Waals surface area (Å²) in [5.41, 5.74) is 0. The van der Waals surface area contributed by atoms with Gasteiger partial charge in [0.25, 0.3) is 0 Å². The second-order valence-electron chi connectivity index (χ2n) is 6.19. The van der Waals surface area contributed by atoms with Gasteiger partial charge >= 0.3 is 5.97 Å². The Morgan fingerprint density at radius 2 is 1.61 bits per heavy atom. The van der Waals surface area contributed by atoms with Crippen LogP contribution in [0.25, 0.3) is 0 Å². The van der Waals surface area contributed by atoms with Crippen LogP contribution in [0, 0.1) is 11.8 Å². The summed E-state index contributed by atoms with van der Waals surface area (Å²) in [6.07, 6.45) is 21.6. The minimum Gasteiger partial charge on any atom is -0.457 e. The summed E-state index contributed by atoms with van der Waals surface area (Å²) >= 11 is 0. The third-order valence-electron chi connectivity index (χ3n) is 4.49. The van der Waals surface area contributed by atoms with E-state index in [1.165, 1.54) is 0 Å². The van der Waals surface area contributed by atoms with Crippen molar-refractivity contribution in [3.8, 4) is 0 Å². The molecule has 2 fully saturated rings. The van der Waals surface area contributed by atoms with Crippen LogP contribution in [0.15, 0.2) is 48.6 Å². The van der Waals surface area contributed by atoms with Gasteiger partial charge in [-0.05, 0) is 44.6 Å². The fourth-order valence-electron chi connectivity index (χ4n) is 3.29. The molecule has 1 aliphatic carbocycles. The molecular weight excluding hydrogens is 288 g/mol. The first kappa shape index (κ1) is 17.7. The van der Waals surface area contributed by atoms with Crippen molar-refractivity contribution >= 4 is 5.97 Å². The molecule has 1 heterocycles. The molecule has 126 valence electrons. The van der Waals surface area contributed by atoms with E-state index < -0.39 is 6.10 Å². The van der Waals surface area contributed by atoms with Crippen LogP contribution >= 0.6 is 0 Å². The highest BCUT2D eigenvalue weighted by molar-refractivity contribution is 5.76. The van der Waals surface area contributed by atoms with Gasteiger partial charge in [-0.1, -0.05) is 49.5 Å². The first-order valence-electron chi connectivity index (χ1n) is 8.74. The normalized spacial score (nSPS) is 31.1. The number of fused-ring (bicyclic) bond motifs is 1. The van der Waals surface area contributed by atoms with E-state index in [9.17, 15) is 9.90 Å². The highest BCUT2D eigenvalue weighted by atomic mass is 16.6. The zero-order valence-corrected chi connectivity index (χ0v) is 13.9. The first-order chi connectivity index (χ1) is 11.2. The number of hydrogen-bond donors (Lipinski definition) is 1. The van der Waals surface area contributed by atoms with Gasteiger partial charge in [-0.25, -0.2) is 0 Å². The maximum Gasteiger partial charge on any atom is 0.310 e. The second kappa shape index (κ2) is 9.51. The highest BCUT2D eigenvalue weighted by Gasteiger charge is 2.50. The number of hydrogen-bond acceptors (Lipinski definition) is 3. The van der Waals surface area contributed by atoms with Gasteiger partial charge in [-0.15, -0.1) is 0 Å². The number of allylic oxidation sites excluding steroid dienone is 7. The fraction of sp³-hybridized carbons (Fsp3) is 0.550. The molecule has 1 saturated carbocycles. The minimum atomic E-state index is -0.400. The lowest BCUT2D eigenvalue weighted by Gasteiger charge is -2.15. The zero-order valence-electron chi connectivity index (χ0n) is 13.9. The van der Waals surface area contributed by atoms with E-state index in [0.717, 1.165) is 32.1 Å². The van der Waals surface area contributed by atoms with Crippen molar-refractivity contribution in [2.75, 3.05) is 0 Å². The van der Waals surface area contributed by atoms with Crippen LogP contribution in [0.5, 0.6) is 0 Å². The van der Waals surface area contributed by atoms with Crippen LogP contribution in [0.3, 0.4) is 0 Å². The lowest BCUT2D eigenvalue weighted by molar-refractivity contribution is -0.143. The molecule has 2 rings (SSSR count). The van der Waals surface area contributed by atoms with E-state index in [4.69, 9.17) is 4.74 Å². The molecule has 3 heteroatoms. The second-order valence-corrected chi connectivity index (χ2v) is 6.19. The van der Waals surface area contributed by atoms with Crippen molar-refractivity contribution in [3.63, 3.8) is 0 Å². The Kier molecular flexibility index (Phi) is 7.34. The third kappa shape index (κ3) is 5.21. The predicted molar refractivity (Wildman–Crippen MR) is 92.8 cm³/mol. The molecule has 3 nitrogen and oxygen atoms in total. The Bertz CT molecular complexity index is 487. The monoisotopic (exact) mass is 316 g/mol. The number of carbonyl (C=O) groups is 1. The van der Waals surface area contributed by atoms with Gasteiger partial charge < -0.3 is 9.84 Å². The summed E-state index contributed by atoms with van der Waals surface area (Å²) < 4.78 is 5.36. The van der Waals surface area contributed by atoms with E-state index in [1.807, 2.05) is 12.2 Å². The number of cyclic esters (lactones) is 1. The number of rotatable bonds is 8. The van der Waals surface area contributed by atoms with Crippen molar-refractivity contribution < 1.29 is 14.6 Å². The average Bonchev–Trinajstić information content (AvgIpc) is 3.07. The maximum absolute atomic E-state index is 11.7. The molecule has 0 aromatic carbocycles. The number of aliphatic hydroxyl groups is 1. The average molecular weight is 316 g/mol. The van der Waals surface area contributed by atoms with Gasteiger partial charge in [-0.2, -0.15) is 0 Å². The van der Waals surface area contributed by atoms with Crippen molar-refractivity contribution in [3.05, 3.63) is 48.6 Å². The Morgan fingerprint density at radius 1 is 1.00 bits per heavy atom. The Balaban J connectivity index is 1.66. The van der Waals surface area contributed by atoms with Crippen molar-refractivity contribution in [2.24, 2.45) is 11.8 Å². The minimum absolute atomic E-state index is 0.0400. The van der Waals surface area contributed by atoms with E-state index in [1.54, 1.807) is 0 Å². The molecule has 0 radical (unpaired) electrons. The summed E-state index contributed by atoms with van der Waals surface area (Å²) in [5.74, 6) is -0.275. The van der Waals surface area contributed by atoms with E-state index in [2.05, 4.69) is 43.4 Å². The summed E-state index contributed by atoms with van der Waals surface area (Å²) in [6.45, 7) is 2.14. The molecule has 0 spiro atoms. The summed E-state index contributed by atoms with van der Waals surface area (Å²) in [7, 11) is 0. The quantitative estimate of drug-likeness (QED) is 0.541. The molecular formula is C20H28O3. The van der Waals surface area contributed by atoms with Crippen LogP contribution in [0.1, 0.15) is 45.4 Å².